The Kier molecular flexibility index (Phi) is 7.16. The zero-order valence-corrected chi connectivity index (χ0v) is 14.7. The molecule has 0 aromatic heterocycles. The van der Waals surface area contributed by atoms with Gasteiger partial charge >= 0.3 is 0 Å². The third-order valence-corrected chi connectivity index (χ3v) is 4.32. The van der Waals surface area contributed by atoms with E-state index in [4.69, 9.17) is 14.2 Å². The molecule has 1 fully saturated rings. The second-order valence-electron chi connectivity index (χ2n) is 6.23. The number of ether oxygens (including phenoxy) is 3. The Morgan fingerprint density at radius 3 is 2.24 bits per heavy atom. The lowest BCUT2D eigenvalue weighted by atomic mass is 10.2. The number of morpholine rings is 1. The van der Waals surface area contributed by atoms with Crippen molar-refractivity contribution in [3.63, 3.8) is 0 Å². The molecular weight excluding hydrogens is 314 g/mol. The Hall–Kier alpha value is -2.04. The minimum Gasteiger partial charge on any atom is -0.490 e. The zero-order valence-electron chi connectivity index (χ0n) is 14.7. The van der Waals surface area contributed by atoms with Crippen LogP contribution in [0.3, 0.4) is 0 Å². The monoisotopic (exact) mass is 341 g/mol. The van der Waals surface area contributed by atoms with Crippen LogP contribution in [0, 0.1) is 0 Å². The fourth-order valence-electron chi connectivity index (χ4n) is 2.87. The Bertz CT molecular complexity index is 612. The number of benzene rings is 2. The summed E-state index contributed by atoms with van der Waals surface area (Å²) in [4.78, 5) is 2.46. The Morgan fingerprint density at radius 2 is 1.48 bits per heavy atom. The van der Waals surface area contributed by atoms with Gasteiger partial charge in [0, 0.05) is 13.1 Å². The second kappa shape index (κ2) is 10.1. The fraction of sp³-hybridized carbons (Fsp3) is 0.429. The van der Waals surface area contributed by atoms with Crippen LogP contribution in [0.15, 0.2) is 54.6 Å². The van der Waals surface area contributed by atoms with Crippen LogP contribution in [0.5, 0.6) is 11.5 Å². The largest absolute Gasteiger partial charge is 0.490 e. The third-order valence-electron chi connectivity index (χ3n) is 4.32. The maximum Gasteiger partial charge on any atom is 0.161 e. The van der Waals surface area contributed by atoms with Crippen molar-refractivity contribution in [3.8, 4) is 11.5 Å². The van der Waals surface area contributed by atoms with Gasteiger partial charge in [0.25, 0.3) is 0 Å². The summed E-state index contributed by atoms with van der Waals surface area (Å²) in [6, 6.07) is 18.1. The van der Waals surface area contributed by atoms with Crippen LogP contribution in [0.1, 0.15) is 18.4 Å². The van der Waals surface area contributed by atoms with E-state index in [0.29, 0.717) is 6.61 Å². The van der Waals surface area contributed by atoms with Gasteiger partial charge in [-0.15, -0.1) is 0 Å². The summed E-state index contributed by atoms with van der Waals surface area (Å²) in [5, 5.41) is 0. The molecule has 2 aromatic rings. The molecule has 3 rings (SSSR count). The first-order chi connectivity index (χ1) is 12.4. The van der Waals surface area contributed by atoms with Crippen molar-refractivity contribution in [2.45, 2.75) is 19.4 Å². The topological polar surface area (TPSA) is 30.9 Å². The average molecular weight is 341 g/mol. The first-order valence-corrected chi connectivity index (χ1v) is 9.10. The summed E-state index contributed by atoms with van der Waals surface area (Å²) in [6.07, 6.45) is 2.19. The van der Waals surface area contributed by atoms with Crippen LogP contribution in [0.2, 0.25) is 0 Å². The quantitative estimate of drug-likeness (QED) is 0.650. The van der Waals surface area contributed by atoms with Crippen LogP contribution in [0.4, 0.5) is 0 Å². The van der Waals surface area contributed by atoms with E-state index in [2.05, 4.69) is 17.0 Å². The molecule has 0 saturated carbocycles. The second-order valence-corrected chi connectivity index (χ2v) is 6.23. The molecule has 0 atom stereocenters. The predicted octanol–water partition coefficient (Wildman–Crippen LogP) is 3.76. The first kappa shape index (κ1) is 17.8. The van der Waals surface area contributed by atoms with Gasteiger partial charge in [0.1, 0.15) is 6.61 Å². The summed E-state index contributed by atoms with van der Waals surface area (Å²) in [5.41, 5.74) is 1.16. The van der Waals surface area contributed by atoms with Crippen molar-refractivity contribution in [2.75, 3.05) is 39.5 Å². The van der Waals surface area contributed by atoms with E-state index in [1.807, 2.05) is 42.5 Å². The normalized spacial score (nSPS) is 15.0. The lowest BCUT2D eigenvalue weighted by molar-refractivity contribution is 0.0367. The van der Waals surface area contributed by atoms with Gasteiger partial charge in [0.05, 0.1) is 19.8 Å². The standard InChI is InChI=1S/C21H27NO3/c1-2-8-19(9-3-1)18-25-21-11-5-4-10-20(21)24-15-7-6-12-22-13-16-23-17-14-22/h1-5,8-11H,6-7,12-18H2. The molecule has 0 spiro atoms. The third kappa shape index (κ3) is 6.07. The molecule has 0 amide bonds. The number of nitrogens with zero attached hydrogens (tertiary/aromatic N) is 1. The lowest BCUT2D eigenvalue weighted by Crippen LogP contribution is -2.36. The van der Waals surface area contributed by atoms with E-state index in [9.17, 15) is 0 Å². The van der Waals surface area contributed by atoms with Crippen LogP contribution in [-0.2, 0) is 11.3 Å². The van der Waals surface area contributed by atoms with E-state index in [0.717, 1.165) is 69.4 Å². The minimum atomic E-state index is 0.554. The SMILES string of the molecule is c1ccc(COc2ccccc2OCCCCN2CCOCC2)cc1. The highest BCUT2D eigenvalue weighted by molar-refractivity contribution is 5.39. The Morgan fingerprint density at radius 1 is 0.800 bits per heavy atom. The van der Waals surface area contributed by atoms with Crippen molar-refractivity contribution in [1.82, 2.24) is 4.90 Å². The smallest absolute Gasteiger partial charge is 0.161 e. The van der Waals surface area contributed by atoms with Crippen molar-refractivity contribution >= 4 is 0 Å². The van der Waals surface area contributed by atoms with Gasteiger partial charge in [-0.3, -0.25) is 4.90 Å². The molecule has 0 radical (unpaired) electrons. The van der Waals surface area contributed by atoms with Crippen molar-refractivity contribution in [3.05, 3.63) is 60.2 Å². The van der Waals surface area contributed by atoms with Gasteiger partial charge in [-0.25, -0.2) is 0 Å². The van der Waals surface area contributed by atoms with Crippen molar-refractivity contribution in [2.24, 2.45) is 0 Å². The van der Waals surface area contributed by atoms with Crippen LogP contribution < -0.4 is 9.47 Å². The summed E-state index contributed by atoms with van der Waals surface area (Å²) in [6.45, 7) is 6.23. The van der Waals surface area contributed by atoms with E-state index in [-0.39, 0.29) is 0 Å². The van der Waals surface area contributed by atoms with E-state index in [1.165, 1.54) is 0 Å². The number of hydrogen-bond donors (Lipinski definition) is 0. The molecule has 25 heavy (non-hydrogen) atoms. The molecule has 1 aliphatic heterocycles. The number of hydrogen-bond acceptors (Lipinski definition) is 4. The van der Waals surface area contributed by atoms with E-state index in [1.54, 1.807) is 0 Å². The molecule has 1 aliphatic rings. The summed E-state index contributed by atoms with van der Waals surface area (Å²) in [7, 11) is 0. The zero-order chi connectivity index (χ0) is 17.2. The maximum atomic E-state index is 5.95. The van der Waals surface area contributed by atoms with Crippen LogP contribution in [0.25, 0.3) is 0 Å². The summed E-state index contributed by atoms with van der Waals surface area (Å²) in [5.74, 6) is 1.63. The number of rotatable bonds is 9. The van der Waals surface area contributed by atoms with Gasteiger partial charge in [-0.05, 0) is 37.1 Å². The van der Waals surface area contributed by atoms with Crippen LogP contribution >= 0.6 is 0 Å². The summed E-state index contributed by atoms with van der Waals surface area (Å²) >= 11 is 0. The van der Waals surface area contributed by atoms with Crippen LogP contribution in [-0.4, -0.2) is 44.4 Å². The Labute approximate surface area is 150 Å². The molecule has 4 nitrogen and oxygen atoms in total. The molecule has 1 heterocycles. The maximum absolute atomic E-state index is 5.95. The molecule has 134 valence electrons. The molecule has 2 aromatic carbocycles. The molecule has 0 bridgehead atoms. The van der Waals surface area contributed by atoms with Crippen molar-refractivity contribution in [1.29, 1.82) is 0 Å². The molecule has 4 heteroatoms. The Balaban J connectivity index is 1.39. The molecule has 0 unspecified atom stereocenters. The van der Waals surface area contributed by atoms with Gasteiger partial charge < -0.3 is 14.2 Å². The average Bonchev–Trinajstić information content (AvgIpc) is 2.68. The minimum absolute atomic E-state index is 0.554. The van der Waals surface area contributed by atoms with E-state index < -0.39 is 0 Å². The fourth-order valence-corrected chi connectivity index (χ4v) is 2.87. The number of unbranched alkanes of at least 4 members (excludes halogenated alkanes) is 1. The molecular formula is C21H27NO3. The van der Waals surface area contributed by atoms with Crippen molar-refractivity contribution < 1.29 is 14.2 Å². The highest BCUT2D eigenvalue weighted by Crippen LogP contribution is 2.27. The highest BCUT2D eigenvalue weighted by atomic mass is 16.5. The first-order valence-electron chi connectivity index (χ1n) is 9.10. The molecule has 0 N–H and O–H groups in total. The van der Waals surface area contributed by atoms with Gasteiger partial charge in [-0.1, -0.05) is 42.5 Å². The van der Waals surface area contributed by atoms with Gasteiger partial charge in [0.2, 0.25) is 0 Å². The van der Waals surface area contributed by atoms with Gasteiger partial charge in [-0.2, -0.15) is 0 Å². The number of para-hydroxylation sites is 2. The highest BCUT2D eigenvalue weighted by Gasteiger charge is 2.09. The summed E-state index contributed by atoms with van der Waals surface area (Å²) < 4.78 is 17.2. The van der Waals surface area contributed by atoms with Gasteiger partial charge in [0.15, 0.2) is 11.5 Å². The molecule has 0 aliphatic carbocycles. The molecule has 1 saturated heterocycles. The predicted molar refractivity (Wildman–Crippen MR) is 99.2 cm³/mol. The van der Waals surface area contributed by atoms with E-state index >= 15 is 0 Å². The lowest BCUT2D eigenvalue weighted by Gasteiger charge is -2.26.